The number of carbonyl (C=O) groups is 1. The Morgan fingerprint density at radius 1 is 0.960 bits per heavy atom. The lowest BCUT2D eigenvalue weighted by molar-refractivity contribution is 0.0915. The van der Waals surface area contributed by atoms with Gasteiger partial charge in [0.2, 0.25) is 0 Å². The van der Waals surface area contributed by atoms with Crippen molar-refractivity contribution < 1.29 is 9.90 Å². The van der Waals surface area contributed by atoms with Crippen LogP contribution < -0.4 is 10.9 Å². The second-order valence-electron chi connectivity index (χ2n) is 5.62. The second-order valence-corrected chi connectivity index (χ2v) is 5.62. The van der Waals surface area contributed by atoms with Crippen molar-refractivity contribution in [2.45, 2.75) is 6.10 Å². The number of aromatic amines is 1. The first-order chi connectivity index (χ1) is 12.1. The summed E-state index contributed by atoms with van der Waals surface area (Å²) in [6.45, 7) is 0.0305. The van der Waals surface area contributed by atoms with Gasteiger partial charge in [0.15, 0.2) is 0 Å². The van der Waals surface area contributed by atoms with Crippen LogP contribution in [0.2, 0.25) is 0 Å². The molecular weight excluding hydrogens is 316 g/mol. The number of amides is 1. The van der Waals surface area contributed by atoms with Gasteiger partial charge in [0.1, 0.15) is 5.56 Å². The molecule has 0 radical (unpaired) electrons. The molecule has 0 aliphatic carbocycles. The van der Waals surface area contributed by atoms with E-state index in [2.05, 4.69) is 10.3 Å². The normalized spacial score (nSPS) is 11.7. The zero-order valence-electron chi connectivity index (χ0n) is 13.5. The minimum absolute atomic E-state index is 0.0138. The molecule has 0 saturated carbocycles. The fourth-order valence-electron chi connectivity index (χ4n) is 2.52. The number of hydrogen-bond acceptors (Lipinski definition) is 3. The van der Waals surface area contributed by atoms with E-state index >= 15 is 0 Å². The molecule has 5 nitrogen and oxygen atoms in total. The summed E-state index contributed by atoms with van der Waals surface area (Å²) in [5, 5.41) is 12.7. The fourth-order valence-corrected chi connectivity index (χ4v) is 2.52. The highest BCUT2D eigenvalue weighted by Gasteiger charge is 2.14. The molecule has 0 aliphatic heterocycles. The maximum atomic E-state index is 12.2. The molecule has 0 bridgehead atoms. The Hall–Kier alpha value is -3.18. The van der Waals surface area contributed by atoms with Gasteiger partial charge in [0.05, 0.1) is 6.10 Å². The summed E-state index contributed by atoms with van der Waals surface area (Å²) in [6.07, 6.45) is -0.826. The number of aliphatic hydroxyl groups is 1. The van der Waals surface area contributed by atoms with Crippen LogP contribution in [-0.2, 0) is 0 Å². The average molecular weight is 334 g/mol. The van der Waals surface area contributed by atoms with Gasteiger partial charge in [0.25, 0.3) is 11.5 Å². The van der Waals surface area contributed by atoms with Crippen LogP contribution in [0.3, 0.4) is 0 Å². The quantitative estimate of drug-likeness (QED) is 0.670. The topological polar surface area (TPSA) is 82.2 Å². The van der Waals surface area contributed by atoms with E-state index in [1.54, 1.807) is 18.2 Å². The van der Waals surface area contributed by atoms with Crippen LogP contribution in [0, 0.1) is 0 Å². The average Bonchev–Trinajstić information content (AvgIpc) is 2.67. The molecule has 126 valence electrons. The molecule has 1 amide bonds. The van der Waals surface area contributed by atoms with Crippen LogP contribution in [0.5, 0.6) is 0 Å². The van der Waals surface area contributed by atoms with Crippen LogP contribution in [0.25, 0.3) is 11.3 Å². The SMILES string of the molecule is O=C(NC[C@H](O)c1ccccc1)c1ccc(-c2ccccc2)[nH]c1=O. The molecule has 1 atom stereocenters. The summed E-state index contributed by atoms with van der Waals surface area (Å²) in [6, 6.07) is 21.6. The van der Waals surface area contributed by atoms with Crippen molar-refractivity contribution in [1.82, 2.24) is 10.3 Å². The molecule has 0 fully saturated rings. The van der Waals surface area contributed by atoms with E-state index in [0.717, 1.165) is 5.56 Å². The van der Waals surface area contributed by atoms with Gasteiger partial charge in [-0.25, -0.2) is 0 Å². The van der Waals surface area contributed by atoms with E-state index in [4.69, 9.17) is 0 Å². The highest BCUT2D eigenvalue weighted by Crippen LogP contribution is 2.15. The summed E-state index contributed by atoms with van der Waals surface area (Å²) in [4.78, 5) is 27.1. The molecule has 25 heavy (non-hydrogen) atoms. The lowest BCUT2D eigenvalue weighted by atomic mass is 10.1. The van der Waals surface area contributed by atoms with Gasteiger partial charge in [-0.2, -0.15) is 0 Å². The van der Waals surface area contributed by atoms with Crippen molar-refractivity contribution in [3.05, 3.63) is 94.3 Å². The lowest BCUT2D eigenvalue weighted by Crippen LogP contribution is -2.32. The summed E-state index contributed by atoms with van der Waals surface area (Å²) < 4.78 is 0. The second kappa shape index (κ2) is 7.59. The first-order valence-electron chi connectivity index (χ1n) is 7.95. The highest BCUT2D eigenvalue weighted by atomic mass is 16.3. The van der Waals surface area contributed by atoms with Gasteiger partial charge in [-0.1, -0.05) is 60.7 Å². The number of benzene rings is 2. The van der Waals surface area contributed by atoms with Crippen LogP contribution >= 0.6 is 0 Å². The molecule has 1 heterocycles. The van der Waals surface area contributed by atoms with Crippen LogP contribution in [0.4, 0.5) is 0 Å². The zero-order chi connectivity index (χ0) is 17.6. The fraction of sp³-hybridized carbons (Fsp3) is 0.100. The van der Waals surface area contributed by atoms with Crippen molar-refractivity contribution in [3.63, 3.8) is 0 Å². The minimum Gasteiger partial charge on any atom is -0.387 e. The molecule has 5 heteroatoms. The number of pyridine rings is 1. The Bertz CT molecular complexity index is 905. The maximum absolute atomic E-state index is 12.2. The number of aromatic nitrogens is 1. The molecule has 1 aromatic heterocycles. The third-order valence-corrected chi connectivity index (χ3v) is 3.88. The van der Waals surface area contributed by atoms with Crippen molar-refractivity contribution in [2.75, 3.05) is 6.54 Å². The molecule has 0 saturated heterocycles. The molecule has 3 N–H and O–H groups in total. The Morgan fingerprint density at radius 2 is 1.60 bits per heavy atom. The smallest absolute Gasteiger partial charge is 0.261 e. The molecule has 3 aromatic rings. The summed E-state index contributed by atoms with van der Waals surface area (Å²) in [7, 11) is 0. The number of aliphatic hydroxyl groups excluding tert-OH is 1. The van der Waals surface area contributed by atoms with E-state index in [1.165, 1.54) is 6.07 Å². The van der Waals surface area contributed by atoms with Crippen molar-refractivity contribution in [1.29, 1.82) is 0 Å². The number of rotatable bonds is 5. The lowest BCUT2D eigenvalue weighted by Gasteiger charge is -2.12. The Labute approximate surface area is 145 Å². The number of nitrogens with one attached hydrogen (secondary N) is 2. The van der Waals surface area contributed by atoms with E-state index in [9.17, 15) is 14.7 Å². The largest absolute Gasteiger partial charge is 0.387 e. The monoisotopic (exact) mass is 334 g/mol. The molecule has 0 unspecified atom stereocenters. The van der Waals surface area contributed by atoms with Gasteiger partial charge in [0, 0.05) is 12.2 Å². The standard InChI is InChI=1S/C20H18N2O3/c23-18(15-9-5-2-6-10-15)13-21-19(24)16-11-12-17(22-20(16)25)14-7-3-1-4-8-14/h1-12,18,23H,13H2,(H,21,24)(H,22,25)/t18-/m0/s1. The Morgan fingerprint density at radius 3 is 2.24 bits per heavy atom. The Kier molecular flexibility index (Phi) is 5.06. The van der Waals surface area contributed by atoms with Crippen LogP contribution in [-0.4, -0.2) is 22.5 Å². The van der Waals surface area contributed by atoms with E-state index in [-0.39, 0.29) is 12.1 Å². The molecule has 3 rings (SSSR count). The summed E-state index contributed by atoms with van der Waals surface area (Å²) in [5.41, 5.74) is 1.77. The minimum atomic E-state index is -0.826. The van der Waals surface area contributed by atoms with E-state index in [1.807, 2.05) is 48.5 Å². The van der Waals surface area contributed by atoms with Crippen molar-refractivity contribution in [3.8, 4) is 11.3 Å². The van der Waals surface area contributed by atoms with Crippen molar-refractivity contribution in [2.24, 2.45) is 0 Å². The molecule has 0 aliphatic rings. The first-order valence-corrected chi connectivity index (χ1v) is 7.95. The number of hydrogen-bond donors (Lipinski definition) is 3. The van der Waals surface area contributed by atoms with Crippen molar-refractivity contribution >= 4 is 5.91 Å². The predicted octanol–water partition coefficient (Wildman–Crippen LogP) is 2.51. The van der Waals surface area contributed by atoms with E-state index < -0.39 is 17.6 Å². The first kappa shape index (κ1) is 16.7. The summed E-state index contributed by atoms with van der Waals surface area (Å²) >= 11 is 0. The maximum Gasteiger partial charge on any atom is 0.261 e. The van der Waals surface area contributed by atoms with Gasteiger partial charge in [-0.15, -0.1) is 0 Å². The zero-order valence-corrected chi connectivity index (χ0v) is 13.5. The predicted molar refractivity (Wildman–Crippen MR) is 96.2 cm³/mol. The summed E-state index contributed by atoms with van der Waals surface area (Å²) in [5.74, 6) is -0.518. The number of carbonyl (C=O) groups excluding carboxylic acids is 1. The highest BCUT2D eigenvalue weighted by molar-refractivity contribution is 5.94. The van der Waals surface area contributed by atoms with Gasteiger partial charge >= 0.3 is 0 Å². The third-order valence-electron chi connectivity index (χ3n) is 3.88. The molecule has 2 aromatic carbocycles. The Balaban J connectivity index is 1.69. The van der Waals surface area contributed by atoms with Gasteiger partial charge in [-0.3, -0.25) is 9.59 Å². The molecule has 0 spiro atoms. The van der Waals surface area contributed by atoms with E-state index in [0.29, 0.717) is 11.3 Å². The van der Waals surface area contributed by atoms with Crippen LogP contribution in [0.15, 0.2) is 77.6 Å². The molecular formula is C20H18N2O3. The van der Waals surface area contributed by atoms with Gasteiger partial charge in [-0.05, 0) is 23.3 Å². The third kappa shape index (κ3) is 4.02. The van der Waals surface area contributed by atoms with Crippen LogP contribution in [0.1, 0.15) is 22.0 Å². The van der Waals surface area contributed by atoms with Gasteiger partial charge < -0.3 is 15.4 Å². The number of H-pyrrole nitrogens is 1.